The second kappa shape index (κ2) is 22.7. The van der Waals surface area contributed by atoms with E-state index in [0.717, 1.165) is 11.1 Å². The Morgan fingerprint density at radius 3 is 1.20 bits per heavy atom. The van der Waals surface area contributed by atoms with Crippen molar-refractivity contribution in [2.24, 2.45) is 0 Å². The number of hydrogen-bond acceptors (Lipinski definition) is 12. The van der Waals surface area contributed by atoms with Crippen molar-refractivity contribution in [1.82, 2.24) is 0 Å². The molecule has 0 aromatic heterocycles. The van der Waals surface area contributed by atoms with Gasteiger partial charge in [-0.05, 0) is 35.4 Å². The number of carbonyl (C=O) groups excluding carboxylic acids is 2. The Balaban J connectivity index is 1.28. The van der Waals surface area contributed by atoms with Gasteiger partial charge >= 0.3 is 23.9 Å². The number of carbonyl (C=O) groups is 4. The summed E-state index contributed by atoms with van der Waals surface area (Å²) in [7, 11) is 0. The lowest BCUT2D eigenvalue weighted by Crippen LogP contribution is -2.36. The van der Waals surface area contributed by atoms with Crippen LogP contribution < -0.4 is 19.3 Å². The maximum Gasteiger partial charge on any atom is 0.325 e. The highest BCUT2D eigenvalue weighted by Crippen LogP contribution is 2.30. The topological polar surface area (TPSA) is 171 Å². The fraction of sp³-hybridized carbons (Fsp3) is 0.300. The molecule has 0 saturated heterocycles. The highest BCUT2D eigenvalue weighted by atomic mass is 16.6. The Morgan fingerprint density at radius 2 is 0.815 bits per heavy atom. The van der Waals surface area contributed by atoms with Crippen LogP contribution in [-0.4, -0.2) is 99.9 Å². The van der Waals surface area contributed by atoms with Crippen LogP contribution in [0.15, 0.2) is 109 Å². The number of esters is 2. The molecular formula is C40H44N2O12. The Bertz CT molecular complexity index is 1630. The number of para-hydroxylation sites is 4. The molecule has 0 heterocycles. The third-order valence-electron chi connectivity index (χ3n) is 7.51. The van der Waals surface area contributed by atoms with Crippen molar-refractivity contribution in [3.8, 4) is 11.5 Å². The first-order valence-electron chi connectivity index (χ1n) is 17.2. The highest BCUT2D eigenvalue weighted by Gasteiger charge is 2.21. The number of nitrogens with zero attached hydrogens (tertiary/aromatic N) is 2. The fourth-order valence-corrected chi connectivity index (χ4v) is 5.12. The summed E-state index contributed by atoms with van der Waals surface area (Å²) in [5, 5.41) is 19.2. The molecule has 14 heteroatoms. The zero-order valence-corrected chi connectivity index (χ0v) is 29.7. The van der Waals surface area contributed by atoms with Crippen LogP contribution in [-0.2, 0) is 51.3 Å². The molecule has 0 atom stereocenters. The fourth-order valence-electron chi connectivity index (χ4n) is 5.12. The van der Waals surface area contributed by atoms with Crippen LogP contribution in [0.5, 0.6) is 11.5 Å². The number of benzene rings is 4. The molecule has 0 saturated carbocycles. The lowest BCUT2D eigenvalue weighted by Gasteiger charge is -2.25. The van der Waals surface area contributed by atoms with Crippen LogP contribution in [0.25, 0.3) is 0 Å². The van der Waals surface area contributed by atoms with Gasteiger partial charge in [-0.25, -0.2) is 0 Å². The lowest BCUT2D eigenvalue weighted by atomic mass is 10.2. The van der Waals surface area contributed by atoms with Gasteiger partial charge in [-0.3, -0.25) is 19.2 Å². The number of carboxylic acid groups (broad SMARTS) is 2. The quantitative estimate of drug-likeness (QED) is 0.0721. The maximum atomic E-state index is 12.7. The number of carboxylic acids is 2. The average Bonchev–Trinajstić information content (AvgIpc) is 3.16. The molecule has 286 valence electrons. The normalized spacial score (nSPS) is 10.6. The minimum atomic E-state index is -1.16. The van der Waals surface area contributed by atoms with Gasteiger partial charge in [0, 0.05) is 0 Å². The molecule has 0 aliphatic heterocycles. The summed E-state index contributed by atoms with van der Waals surface area (Å²) in [5.41, 5.74) is 2.68. The molecule has 0 radical (unpaired) electrons. The SMILES string of the molecule is O=C(O)CN(CC(=O)OCCOCc1ccccc1)c1ccccc1OCCOc1ccccc1N(CC(=O)O)CC(=O)OCCOCc1ccccc1. The maximum absolute atomic E-state index is 12.7. The van der Waals surface area contributed by atoms with Crippen LogP contribution in [0.4, 0.5) is 11.4 Å². The van der Waals surface area contributed by atoms with Crippen molar-refractivity contribution in [2.45, 2.75) is 13.2 Å². The van der Waals surface area contributed by atoms with E-state index in [1.54, 1.807) is 48.5 Å². The monoisotopic (exact) mass is 744 g/mol. The molecule has 0 spiro atoms. The first kappa shape index (κ1) is 40.6. The number of aliphatic carboxylic acids is 2. The molecule has 0 fully saturated rings. The highest BCUT2D eigenvalue weighted by molar-refractivity contribution is 5.82. The molecule has 0 aliphatic rings. The molecule has 4 aromatic rings. The zero-order valence-electron chi connectivity index (χ0n) is 29.7. The summed E-state index contributed by atoms with van der Waals surface area (Å²) >= 11 is 0. The molecule has 14 nitrogen and oxygen atoms in total. The predicted octanol–water partition coefficient (Wildman–Crippen LogP) is 4.45. The smallest absolute Gasteiger partial charge is 0.325 e. The summed E-state index contributed by atoms with van der Waals surface area (Å²) in [6.45, 7) is -0.613. The van der Waals surface area contributed by atoms with E-state index in [1.807, 2.05) is 60.7 Å². The second-order valence-electron chi connectivity index (χ2n) is 11.6. The van der Waals surface area contributed by atoms with Crippen molar-refractivity contribution < 1.29 is 57.8 Å². The van der Waals surface area contributed by atoms with E-state index < -0.39 is 37.0 Å². The van der Waals surface area contributed by atoms with E-state index in [9.17, 15) is 29.4 Å². The molecule has 0 amide bonds. The lowest BCUT2D eigenvalue weighted by molar-refractivity contribution is -0.145. The molecule has 0 aliphatic carbocycles. The van der Waals surface area contributed by atoms with Crippen molar-refractivity contribution >= 4 is 35.3 Å². The zero-order chi connectivity index (χ0) is 38.4. The molecule has 4 aromatic carbocycles. The molecule has 0 bridgehead atoms. The minimum Gasteiger partial charge on any atom is -0.488 e. The summed E-state index contributed by atoms with van der Waals surface area (Å²) in [6.07, 6.45) is 0. The number of hydrogen-bond donors (Lipinski definition) is 2. The standard InChI is InChI=1S/C40H44N2O12/c43-37(44)25-41(27-39(47)53-21-19-49-29-31-11-3-1-4-12-31)33-15-7-9-17-35(33)51-23-24-52-36-18-10-8-16-34(36)42(26-38(45)46)28-40(48)54-22-20-50-30-32-13-5-2-6-14-32/h1-18H,19-30H2,(H,43,44)(H,45,46). The van der Waals surface area contributed by atoms with E-state index in [0.29, 0.717) is 36.1 Å². The van der Waals surface area contributed by atoms with Gasteiger partial charge in [0.1, 0.15) is 64.1 Å². The van der Waals surface area contributed by atoms with Crippen LogP contribution >= 0.6 is 0 Å². The van der Waals surface area contributed by atoms with Gasteiger partial charge in [-0.2, -0.15) is 0 Å². The molecular weight excluding hydrogens is 700 g/mol. The summed E-state index contributed by atoms with van der Waals surface area (Å²) in [5.74, 6) is -2.99. The van der Waals surface area contributed by atoms with E-state index >= 15 is 0 Å². The van der Waals surface area contributed by atoms with Crippen molar-refractivity contribution in [3.05, 3.63) is 120 Å². The molecule has 4 rings (SSSR count). The predicted molar refractivity (Wildman–Crippen MR) is 198 cm³/mol. The van der Waals surface area contributed by atoms with Crippen LogP contribution in [0.2, 0.25) is 0 Å². The molecule has 2 N–H and O–H groups in total. The van der Waals surface area contributed by atoms with Gasteiger partial charge in [0.15, 0.2) is 0 Å². The Labute approximate surface area is 313 Å². The Morgan fingerprint density at radius 1 is 0.444 bits per heavy atom. The van der Waals surface area contributed by atoms with Crippen LogP contribution in [0.3, 0.4) is 0 Å². The van der Waals surface area contributed by atoms with Gasteiger partial charge in [0.2, 0.25) is 0 Å². The van der Waals surface area contributed by atoms with E-state index in [4.69, 9.17) is 28.4 Å². The van der Waals surface area contributed by atoms with Crippen molar-refractivity contribution in [1.29, 1.82) is 0 Å². The number of ether oxygens (including phenoxy) is 6. The third-order valence-corrected chi connectivity index (χ3v) is 7.51. The summed E-state index contributed by atoms with van der Waals surface area (Å²) < 4.78 is 33.6. The van der Waals surface area contributed by atoms with Gasteiger partial charge in [-0.1, -0.05) is 84.9 Å². The number of rotatable bonds is 25. The summed E-state index contributed by atoms with van der Waals surface area (Å²) in [4.78, 5) is 51.5. The molecule has 0 unspecified atom stereocenters. The Kier molecular flexibility index (Phi) is 17.1. The van der Waals surface area contributed by atoms with Crippen LogP contribution in [0.1, 0.15) is 11.1 Å². The van der Waals surface area contributed by atoms with Gasteiger partial charge in [-0.15, -0.1) is 0 Å². The minimum absolute atomic E-state index is 0.000583. The summed E-state index contributed by atoms with van der Waals surface area (Å²) in [6, 6.07) is 32.4. The first-order valence-corrected chi connectivity index (χ1v) is 17.2. The Hall–Kier alpha value is -6.12. The van der Waals surface area contributed by atoms with E-state index in [2.05, 4.69) is 0 Å². The van der Waals surface area contributed by atoms with E-state index in [1.165, 1.54) is 9.80 Å². The average molecular weight is 745 g/mol. The second-order valence-corrected chi connectivity index (χ2v) is 11.6. The molecule has 54 heavy (non-hydrogen) atoms. The largest absolute Gasteiger partial charge is 0.488 e. The van der Waals surface area contributed by atoms with Crippen molar-refractivity contribution in [3.63, 3.8) is 0 Å². The van der Waals surface area contributed by atoms with Gasteiger partial charge < -0.3 is 48.4 Å². The van der Waals surface area contributed by atoms with Crippen molar-refractivity contribution in [2.75, 3.05) is 75.6 Å². The van der Waals surface area contributed by atoms with Crippen LogP contribution in [0, 0.1) is 0 Å². The van der Waals surface area contributed by atoms with E-state index in [-0.39, 0.29) is 52.7 Å². The van der Waals surface area contributed by atoms with Gasteiger partial charge in [0.25, 0.3) is 0 Å². The number of anilines is 2. The van der Waals surface area contributed by atoms with Gasteiger partial charge in [0.05, 0.1) is 37.8 Å². The first-order chi connectivity index (χ1) is 26.3. The third kappa shape index (κ3) is 14.9.